The molecule has 1 heterocycles. The van der Waals surface area contributed by atoms with Crippen molar-refractivity contribution < 1.29 is 8.42 Å². The standard InChI is InChI=1S/C13H16N4O2S/c1-9-16-12(14)7-13(17-9)15-8-10-3-5-11(6-4-10)20(2,18)19/h3-7H,8H2,1-2H3,(H3,14,15,16,17). The van der Waals surface area contributed by atoms with Gasteiger partial charge in [0, 0.05) is 18.9 Å². The Bertz CT molecular complexity index is 691. The van der Waals surface area contributed by atoms with Crippen molar-refractivity contribution in [1.29, 1.82) is 0 Å². The van der Waals surface area contributed by atoms with Crippen molar-refractivity contribution in [2.45, 2.75) is 18.4 Å². The van der Waals surface area contributed by atoms with E-state index in [2.05, 4.69) is 15.3 Å². The fourth-order valence-corrected chi connectivity index (χ4v) is 2.36. The van der Waals surface area contributed by atoms with Gasteiger partial charge < -0.3 is 11.1 Å². The summed E-state index contributed by atoms with van der Waals surface area (Å²) >= 11 is 0. The van der Waals surface area contributed by atoms with Crippen LogP contribution in [0.4, 0.5) is 11.6 Å². The van der Waals surface area contributed by atoms with Crippen molar-refractivity contribution in [1.82, 2.24) is 9.97 Å². The summed E-state index contributed by atoms with van der Waals surface area (Å²) in [5, 5.41) is 3.12. The molecule has 0 fully saturated rings. The van der Waals surface area contributed by atoms with Gasteiger partial charge in [0.05, 0.1) is 4.90 Å². The summed E-state index contributed by atoms with van der Waals surface area (Å²) in [4.78, 5) is 8.50. The number of aryl methyl sites for hydroxylation is 1. The lowest BCUT2D eigenvalue weighted by molar-refractivity contribution is 0.602. The highest BCUT2D eigenvalue weighted by Gasteiger charge is 2.06. The van der Waals surface area contributed by atoms with Gasteiger partial charge >= 0.3 is 0 Å². The summed E-state index contributed by atoms with van der Waals surface area (Å²) in [7, 11) is -3.16. The third-order valence-electron chi connectivity index (χ3n) is 2.68. The van der Waals surface area contributed by atoms with E-state index in [4.69, 9.17) is 5.73 Å². The number of nitrogens with two attached hydrogens (primary N) is 1. The minimum atomic E-state index is -3.16. The molecule has 1 aromatic carbocycles. The van der Waals surface area contributed by atoms with E-state index in [9.17, 15) is 8.42 Å². The quantitative estimate of drug-likeness (QED) is 0.883. The van der Waals surface area contributed by atoms with E-state index >= 15 is 0 Å². The van der Waals surface area contributed by atoms with Crippen LogP contribution in [0.15, 0.2) is 35.2 Å². The minimum absolute atomic E-state index is 0.309. The first-order chi connectivity index (χ1) is 9.34. The van der Waals surface area contributed by atoms with E-state index < -0.39 is 9.84 Å². The van der Waals surface area contributed by atoms with E-state index in [-0.39, 0.29) is 0 Å². The molecule has 2 rings (SSSR count). The van der Waals surface area contributed by atoms with Gasteiger partial charge in [-0.1, -0.05) is 12.1 Å². The topological polar surface area (TPSA) is 98.0 Å². The number of hydrogen-bond acceptors (Lipinski definition) is 6. The van der Waals surface area contributed by atoms with Crippen molar-refractivity contribution in [3.8, 4) is 0 Å². The lowest BCUT2D eigenvalue weighted by Crippen LogP contribution is -2.05. The van der Waals surface area contributed by atoms with Crippen LogP contribution in [0.25, 0.3) is 0 Å². The van der Waals surface area contributed by atoms with Crippen LogP contribution < -0.4 is 11.1 Å². The van der Waals surface area contributed by atoms with Crippen LogP contribution in [-0.4, -0.2) is 24.6 Å². The van der Waals surface area contributed by atoms with E-state index in [1.54, 1.807) is 37.3 Å². The summed E-state index contributed by atoms with van der Waals surface area (Å²) in [6, 6.07) is 8.36. The van der Waals surface area contributed by atoms with Crippen LogP contribution in [0.3, 0.4) is 0 Å². The first kappa shape index (κ1) is 14.3. The number of hydrogen-bond donors (Lipinski definition) is 2. The van der Waals surface area contributed by atoms with Gasteiger partial charge in [-0.2, -0.15) is 0 Å². The molecule has 6 nitrogen and oxygen atoms in total. The Morgan fingerprint density at radius 3 is 2.40 bits per heavy atom. The molecule has 0 aliphatic carbocycles. The fourth-order valence-electron chi connectivity index (χ4n) is 1.73. The smallest absolute Gasteiger partial charge is 0.175 e. The molecule has 0 atom stereocenters. The second-order valence-corrected chi connectivity index (χ2v) is 6.51. The highest BCUT2D eigenvalue weighted by atomic mass is 32.2. The molecule has 20 heavy (non-hydrogen) atoms. The molecule has 7 heteroatoms. The van der Waals surface area contributed by atoms with Crippen LogP contribution in [0, 0.1) is 6.92 Å². The number of nitrogen functional groups attached to an aromatic ring is 1. The van der Waals surface area contributed by atoms with Crippen molar-refractivity contribution in [2.24, 2.45) is 0 Å². The molecule has 0 bridgehead atoms. The summed E-state index contributed by atoms with van der Waals surface area (Å²) in [5.74, 6) is 1.65. The molecule has 0 aliphatic rings. The molecule has 0 aliphatic heterocycles. The maximum absolute atomic E-state index is 11.4. The van der Waals surface area contributed by atoms with Crippen molar-refractivity contribution in [2.75, 3.05) is 17.3 Å². The number of sulfone groups is 1. The molecule has 106 valence electrons. The molecular formula is C13H16N4O2S. The van der Waals surface area contributed by atoms with E-state index in [0.29, 0.717) is 28.9 Å². The van der Waals surface area contributed by atoms with Gasteiger partial charge in [-0.3, -0.25) is 0 Å². The number of anilines is 2. The Labute approximate surface area is 118 Å². The lowest BCUT2D eigenvalue weighted by atomic mass is 10.2. The zero-order valence-corrected chi connectivity index (χ0v) is 12.1. The first-order valence-corrected chi connectivity index (χ1v) is 7.88. The summed E-state index contributed by atoms with van der Waals surface area (Å²) in [6.07, 6.45) is 1.19. The number of benzene rings is 1. The van der Waals surface area contributed by atoms with Crippen molar-refractivity contribution >= 4 is 21.5 Å². The third-order valence-corrected chi connectivity index (χ3v) is 3.81. The fraction of sp³-hybridized carbons (Fsp3) is 0.231. The molecule has 0 spiro atoms. The lowest BCUT2D eigenvalue weighted by Gasteiger charge is -2.07. The molecule has 3 N–H and O–H groups in total. The van der Waals surface area contributed by atoms with Gasteiger partial charge in [0.15, 0.2) is 9.84 Å². The molecule has 0 radical (unpaired) electrons. The van der Waals surface area contributed by atoms with Gasteiger partial charge in [0.25, 0.3) is 0 Å². The second kappa shape index (κ2) is 5.46. The molecule has 0 saturated heterocycles. The average Bonchev–Trinajstić information content (AvgIpc) is 2.35. The Morgan fingerprint density at radius 2 is 1.85 bits per heavy atom. The molecule has 0 unspecified atom stereocenters. The normalized spacial score (nSPS) is 11.3. The molecule has 1 aromatic heterocycles. The maximum Gasteiger partial charge on any atom is 0.175 e. The Hall–Kier alpha value is -2.15. The predicted octanol–water partition coefficient (Wildman–Crippen LogP) is 1.38. The summed E-state index contributed by atoms with van der Waals surface area (Å²) < 4.78 is 22.7. The van der Waals surface area contributed by atoms with Gasteiger partial charge in [-0.25, -0.2) is 18.4 Å². The highest BCUT2D eigenvalue weighted by molar-refractivity contribution is 7.90. The van der Waals surface area contributed by atoms with Crippen LogP contribution in [0.5, 0.6) is 0 Å². The predicted molar refractivity (Wildman–Crippen MR) is 78.1 cm³/mol. The van der Waals surface area contributed by atoms with Gasteiger partial charge in [0.1, 0.15) is 17.5 Å². The van der Waals surface area contributed by atoms with E-state index in [0.717, 1.165) is 5.56 Å². The zero-order chi connectivity index (χ0) is 14.8. The summed E-state index contributed by atoms with van der Waals surface area (Å²) in [6.45, 7) is 2.29. The largest absolute Gasteiger partial charge is 0.384 e. The van der Waals surface area contributed by atoms with Gasteiger partial charge in [-0.05, 0) is 24.6 Å². The monoisotopic (exact) mass is 292 g/mol. The minimum Gasteiger partial charge on any atom is -0.384 e. The third kappa shape index (κ3) is 3.67. The first-order valence-electron chi connectivity index (χ1n) is 5.98. The van der Waals surface area contributed by atoms with E-state index in [1.807, 2.05) is 0 Å². The Kier molecular flexibility index (Phi) is 3.89. The Morgan fingerprint density at radius 1 is 1.20 bits per heavy atom. The molecule has 0 saturated carbocycles. The van der Waals surface area contributed by atoms with Crippen molar-refractivity contribution in [3.63, 3.8) is 0 Å². The zero-order valence-electron chi connectivity index (χ0n) is 11.3. The second-order valence-electron chi connectivity index (χ2n) is 4.49. The van der Waals surface area contributed by atoms with E-state index in [1.165, 1.54) is 6.26 Å². The highest BCUT2D eigenvalue weighted by Crippen LogP contribution is 2.13. The average molecular weight is 292 g/mol. The number of nitrogens with one attached hydrogen (secondary N) is 1. The van der Waals surface area contributed by atoms with Crippen molar-refractivity contribution in [3.05, 3.63) is 41.7 Å². The number of aromatic nitrogens is 2. The van der Waals surface area contributed by atoms with Gasteiger partial charge in [-0.15, -0.1) is 0 Å². The van der Waals surface area contributed by atoms with Gasteiger partial charge in [0.2, 0.25) is 0 Å². The number of nitrogens with zero attached hydrogens (tertiary/aromatic N) is 2. The molecule has 2 aromatic rings. The van der Waals surface area contributed by atoms with Crippen LogP contribution in [-0.2, 0) is 16.4 Å². The number of rotatable bonds is 4. The SMILES string of the molecule is Cc1nc(N)cc(NCc2ccc(S(C)(=O)=O)cc2)n1. The van der Waals surface area contributed by atoms with Crippen LogP contribution in [0.1, 0.15) is 11.4 Å². The maximum atomic E-state index is 11.4. The molecule has 0 amide bonds. The summed E-state index contributed by atoms with van der Waals surface area (Å²) in [5.41, 5.74) is 6.59. The van der Waals surface area contributed by atoms with Crippen LogP contribution in [0.2, 0.25) is 0 Å². The van der Waals surface area contributed by atoms with Crippen LogP contribution >= 0.6 is 0 Å². The Balaban J connectivity index is 2.07. The molecular weight excluding hydrogens is 276 g/mol.